The summed E-state index contributed by atoms with van der Waals surface area (Å²) in [7, 11) is -3.70. The molecule has 1 aromatic carbocycles. The molecule has 2 atom stereocenters. The van der Waals surface area contributed by atoms with Crippen molar-refractivity contribution in [2.24, 2.45) is 11.7 Å². The van der Waals surface area contributed by atoms with Crippen molar-refractivity contribution in [2.75, 3.05) is 18.8 Å². The number of carbonyl (C=O) groups excluding carboxylic acids is 2. The summed E-state index contributed by atoms with van der Waals surface area (Å²) in [4.78, 5) is 25.0. The molecule has 1 unspecified atom stereocenters. The SMILES string of the molecule is CCCCS(=O)(=O)N[C@H](N)C(C(=O)CC)C(=O)Oc1ccc(C2=CCNCC2)cc1. The summed E-state index contributed by atoms with van der Waals surface area (Å²) in [6, 6.07) is 7.01. The predicted octanol–water partition coefficient (Wildman–Crippen LogP) is 1.57. The molecular formula is C21H31N3O5S. The zero-order valence-corrected chi connectivity index (χ0v) is 18.3. The first kappa shape index (κ1) is 24.2. The third kappa shape index (κ3) is 7.02. The van der Waals surface area contributed by atoms with Gasteiger partial charge in [0.05, 0.1) is 11.9 Å². The number of ketones is 1. The Morgan fingerprint density at radius 1 is 1.23 bits per heavy atom. The average Bonchev–Trinajstić information content (AvgIpc) is 2.73. The first-order valence-electron chi connectivity index (χ1n) is 10.3. The number of esters is 1. The van der Waals surface area contributed by atoms with E-state index in [-0.39, 0.29) is 17.9 Å². The molecule has 9 heteroatoms. The highest BCUT2D eigenvalue weighted by Crippen LogP contribution is 2.23. The fraction of sp³-hybridized carbons (Fsp3) is 0.524. The minimum Gasteiger partial charge on any atom is -0.426 e. The maximum absolute atomic E-state index is 12.7. The number of carbonyl (C=O) groups is 2. The minimum atomic E-state index is -3.70. The Balaban J connectivity index is 2.09. The summed E-state index contributed by atoms with van der Waals surface area (Å²) in [6.45, 7) is 5.18. The number of nitrogens with one attached hydrogen (secondary N) is 2. The molecular weight excluding hydrogens is 406 g/mol. The number of Topliss-reactive ketones (excluding diaryl/α,β-unsaturated/α-hetero) is 1. The van der Waals surface area contributed by atoms with Crippen LogP contribution in [0.15, 0.2) is 30.3 Å². The lowest BCUT2D eigenvalue weighted by Gasteiger charge is -2.22. The van der Waals surface area contributed by atoms with E-state index in [1.807, 2.05) is 19.1 Å². The summed E-state index contributed by atoms with van der Waals surface area (Å²) >= 11 is 0. The summed E-state index contributed by atoms with van der Waals surface area (Å²) in [5.41, 5.74) is 8.16. The number of hydrogen-bond acceptors (Lipinski definition) is 7. The van der Waals surface area contributed by atoms with Crippen molar-refractivity contribution in [3.63, 3.8) is 0 Å². The van der Waals surface area contributed by atoms with E-state index in [0.717, 1.165) is 25.1 Å². The maximum atomic E-state index is 12.7. The van der Waals surface area contributed by atoms with Crippen LogP contribution in [-0.4, -0.2) is 45.2 Å². The standard InChI is InChI=1S/C21H31N3O5S/c1-3-5-14-30(27,28)24-20(22)19(18(25)4-2)21(26)29-17-8-6-15(7-9-17)16-10-12-23-13-11-16/h6-10,19-20,23-24H,3-5,11-14,22H2,1-2H3/t19?,20-/m0/s1. The number of hydrogen-bond donors (Lipinski definition) is 3. The van der Waals surface area contributed by atoms with Gasteiger partial charge in [-0.2, -0.15) is 4.72 Å². The molecule has 0 aromatic heterocycles. The lowest BCUT2D eigenvalue weighted by atomic mass is 9.99. The Kier molecular flexibility index (Phi) is 9.16. The van der Waals surface area contributed by atoms with Crippen molar-refractivity contribution < 1.29 is 22.7 Å². The van der Waals surface area contributed by atoms with E-state index in [1.54, 1.807) is 19.1 Å². The summed E-state index contributed by atoms with van der Waals surface area (Å²) in [6.07, 6.45) is 2.83. The van der Waals surface area contributed by atoms with Gasteiger partial charge in [0.2, 0.25) is 10.0 Å². The van der Waals surface area contributed by atoms with E-state index in [4.69, 9.17) is 10.5 Å². The van der Waals surface area contributed by atoms with Gasteiger partial charge in [0.15, 0.2) is 0 Å². The number of ether oxygens (including phenoxy) is 1. The van der Waals surface area contributed by atoms with Crippen LogP contribution in [0.1, 0.15) is 45.1 Å². The molecule has 0 aliphatic carbocycles. The molecule has 0 fully saturated rings. The predicted molar refractivity (Wildman–Crippen MR) is 116 cm³/mol. The van der Waals surface area contributed by atoms with E-state index >= 15 is 0 Å². The fourth-order valence-electron chi connectivity index (χ4n) is 3.17. The number of nitrogens with two attached hydrogens (primary N) is 1. The smallest absolute Gasteiger partial charge is 0.324 e. The third-order valence-corrected chi connectivity index (χ3v) is 6.36. The topological polar surface area (TPSA) is 128 Å². The minimum absolute atomic E-state index is 0.0330. The van der Waals surface area contributed by atoms with Crippen LogP contribution in [-0.2, 0) is 19.6 Å². The van der Waals surface area contributed by atoms with Gasteiger partial charge in [0, 0.05) is 13.0 Å². The second kappa shape index (κ2) is 11.4. The molecule has 0 radical (unpaired) electrons. The van der Waals surface area contributed by atoms with Crippen LogP contribution in [0.25, 0.3) is 5.57 Å². The van der Waals surface area contributed by atoms with Gasteiger partial charge in [-0.25, -0.2) is 8.42 Å². The number of unbranched alkanes of at least 4 members (excludes halogenated alkanes) is 1. The molecule has 4 N–H and O–H groups in total. The summed E-state index contributed by atoms with van der Waals surface area (Å²) < 4.78 is 31.8. The number of benzene rings is 1. The molecule has 30 heavy (non-hydrogen) atoms. The van der Waals surface area contributed by atoms with Crippen molar-refractivity contribution in [1.29, 1.82) is 0 Å². The molecule has 1 heterocycles. The van der Waals surface area contributed by atoms with Crippen LogP contribution >= 0.6 is 0 Å². The second-order valence-corrected chi connectivity index (χ2v) is 9.12. The molecule has 0 saturated heterocycles. The summed E-state index contributed by atoms with van der Waals surface area (Å²) in [5.74, 6) is -2.62. The monoisotopic (exact) mass is 437 g/mol. The molecule has 8 nitrogen and oxygen atoms in total. The molecule has 0 spiro atoms. The van der Waals surface area contributed by atoms with Crippen LogP contribution in [0.4, 0.5) is 0 Å². The lowest BCUT2D eigenvalue weighted by Crippen LogP contribution is -2.53. The van der Waals surface area contributed by atoms with Gasteiger partial charge in [-0.3, -0.25) is 9.59 Å². The van der Waals surface area contributed by atoms with Gasteiger partial charge in [-0.15, -0.1) is 0 Å². The molecule has 1 aliphatic rings. The van der Waals surface area contributed by atoms with Gasteiger partial charge in [0.1, 0.15) is 17.5 Å². The first-order valence-corrected chi connectivity index (χ1v) is 11.9. The van der Waals surface area contributed by atoms with Crippen molar-refractivity contribution in [1.82, 2.24) is 10.0 Å². The van der Waals surface area contributed by atoms with Gasteiger partial charge < -0.3 is 15.8 Å². The van der Waals surface area contributed by atoms with Gasteiger partial charge in [-0.1, -0.05) is 38.5 Å². The van der Waals surface area contributed by atoms with Gasteiger partial charge >= 0.3 is 5.97 Å². The van der Waals surface area contributed by atoms with Crippen molar-refractivity contribution >= 4 is 27.3 Å². The van der Waals surface area contributed by atoms with Crippen molar-refractivity contribution in [2.45, 2.75) is 45.7 Å². The van der Waals surface area contributed by atoms with E-state index in [1.165, 1.54) is 5.57 Å². The van der Waals surface area contributed by atoms with Crippen LogP contribution in [0.5, 0.6) is 5.75 Å². The highest BCUT2D eigenvalue weighted by molar-refractivity contribution is 7.89. The zero-order chi connectivity index (χ0) is 22.1. The highest BCUT2D eigenvalue weighted by atomic mass is 32.2. The molecule has 2 rings (SSSR count). The molecule has 0 saturated carbocycles. The number of sulfonamides is 1. The maximum Gasteiger partial charge on any atom is 0.324 e. The van der Waals surface area contributed by atoms with Crippen LogP contribution in [0, 0.1) is 5.92 Å². The molecule has 0 amide bonds. The zero-order valence-electron chi connectivity index (χ0n) is 17.5. The molecule has 1 aromatic rings. The normalized spacial score (nSPS) is 16.4. The van der Waals surface area contributed by atoms with Crippen LogP contribution < -0.4 is 20.5 Å². The Hall–Kier alpha value is -2.07. The lowest BCUT2D eigenvalue weighted by molar-refractivity contribution is -0.144. The Labute approximate surface area is 178 Å². The Morgan fingerprint density at radius 2 is 1.93 bits per heavy atom. The van der Waals surface area contributed by atoms with E-state index in [0.29, 0.717) is 12.8 Å². The van der Waals surface area contributed by atoms with Gasteiger partial charge in [0.25, 0.3) is 0 Å². The average molecular weight is 438 g/mol. The fourth-order valence-corrected chi connectivity index (χ4v) is 4.51. The Bertz CT molecular complexity index is 865. The van der Waals surface area contributed by atoms with E-state index < -0.39 is 33.9 Å². The van der Waals surface area contributed by atoms with Crippen LogP contribution in [0.2, 0.25) is 0 Å². The highest BCUT2D eigenvalue weighted by Gasteiger charge is 2.35. The molecule has 0 bridgehead atoms. The largest absolute Gasteiger partial charge is 0.426 e. The van der Waals surface area contributed by atoms with E-state index in [2.05, 4.69) is 16.1 Å². The second-order valence-electron chi connectivity index (χ2n) is 7.24. The quantitative estimate of drug-likeness (QED) is 0.207. The molecule has 1 aliphatic heterocycles. The summed E-state index contributed by atoms with van der Waals surface area (Å²) in [5, 5.41) is 3.25. The van der Waals surface area contributed by atoms with Crippen LogP contribution in [0.3, 0.4) is 0 Å². The molecule has 166 valence electrons. The van der Waals surface area contributed by atoms with E-state index in [9.17, 15) is 18.0 Å². The Morgan fingerprint density at radius 3 is 2.50 bits per heavy atom. The number of rotatable bonds is 11. The van der Waals surface area contributed by atoms with Gasteiger partial charge in [-0.05, 0) is 42.7 Å². The van der Waals surface area contributed by atoms with Crippen molar-refractivity contribution in [3.05, 3.63) is 35.9 Å². The first-order chi connectivity index (χ1) is 14.3. The third-order valence-electron chi connectivity index (χ3n) is 4.90. The van der Waals surface area contributed by atoms with Crippen molar-refractivity contribution in [3.8, 4) is 5.75 Å².